The van der Waals surface area contributed by atoms with Gasteiger partial charge in [-0.3, -0.25) is 9.55 Å². The van der Waals surface area contributed by atoms with Crippen LogP contribution in [0, 0.1) is 0 Å². The highest BCUT2D eigenvalue weighted by atomic mass is 35.5. The van der Waals surface area contributed by atoms with Gasteiger partial charge in [0.1, 0.15) is 17.5 Å². The average Bonchev–Trinajstić information content (AvgIpc) is 2.84. The Kier molecular flexibility index (Phi) is 4.69. The van der Waals surface area contributed by atoms with Gasteiger partial charge < -0.3 is 4.74 Å². The molecule has 0 radical (unpaired) electrons. The van der Waals surface area contributed by atoms with Crippen molar-refractivity contribution in [2.45, 2.75) is 58.2 Å². The van der Waals surface area contributed by atoms with E-state index in [1.54, 1.807) is 12.1 Å². The SMILES string of the molecule is CC(C)(C)OC(=O)[C@@H]1CCCc2nn(Cc3ccc(Cl)cn3)c(=O)n21. The number of hydrogen-bond donors (Lipinski definition) is 0. The van der Waals surface area contributed by atoms with Crippen molar-refractivity contribution in [2.24, 2.45) is 0 Å². The maximum Gasteiger partial charge on any atom is 0.347 e. The van der Waals surface area contributed by atoms with E-state index in [2.05, 4.69) is 10.1 Å². The van der Waals surface area contributed by atoms with Crippen molar-refractivity contribution in [3.63, 3.8) is 0 Å². The van der Waals surface area contributed by atoms with Crippen molar-refractivity contribution in [1.29, 1.82) is 0 Å². The van der Waals surface area contributed by atoms with E-state index in [-0.39, 0.29) is 18.2 Å². The summed E-state index contributed by atoms with van der Waals surface area (Å²) in [6.45, 7) is 5.67. The lowest BCUT2D eigenvalue weighted by molar-refractivity contribution is -0.159. The number of ether oxygens (including phenoxy) is 1. The van der Waals surface area contributed by atoms with E-state index in [1.165, 1.54) is 15.4 Å². The Bertz CT molecular complexity index is 833. The summed E-state index contributed by atoms with van der Waals surface area (Å²) in [7, 11) is 0. The molecule has 134 valence electrons. The molecule has 8 heteroatoms. The summed E-state index contributed by atoms with van der Waals surface area (Å²) in [6, 6.07) is 2.84. The predicted octanol–water partition coefficient (Wildman–Crippen LogP) is 2.36. The van der Waals surface area contributed by atoms with Crippen LogP contribution in [0.1, 0.15) is 51.2 Å². The third-order valence-corrected chi connectivity index (χ3v) is 4.13. The van der Waals surface area contributed by atoms with E-state index >= 15 is 0 Å². The molecule has 1 atom stereocenters. The van der Waals surface area contributed by atoms with Gasteiger partial charge in [-0.25, -0.2) is 14.3 Å². The van der Waals surface area contributed by atoms with E-state index in [0.29, 0.717) is 29.4 Å². The molecule has 1 aliphatic heterocycles. The first-order chi connectivity index (χ1) is 11.7. The lowest BCUT2D eigenvalue weighted by atomic mass is 10.0. The summed E-state index contributed by atoms with van der Waals surface area (Å²) >= 11 is 5.83. The molecule has 25 heavy (non-hydrogen) atoms. The van der Waals surface area contributed by atoms with Crippen LogP contribution >= 0.6 is 11.6 Å². The normalized spacial score (nSPS) is 17.2. The molecule has 3 rings (SSSR count). The Balaban J connectivity index is 1.89. The molecule has 0 aromatic carbocycles. The number of hydrogen-bond acceptors (Lipinski definition) is 5. The zero-order valence-corrected chi connectivity index (χ0v) is 15.3. The Morgan fingerprint density at radius 3 is 2.80 bits per heavy atom. The van der Waals surface area contributed by atoms with E-state index in [9.17, 15) is 9.59 Å². The van der Waals surface area contributed by atoms with Crippen LogP contribution in [0.5, 0.6) is 0 Å². The topological polar surface area (TPSA) is 79.0 Å². The molecule has 0 N–H and O–H groups in total. The number of esters is 1. The number of pyridine rings is 1. The number of nitrogens with zero attached hydrogens (tertiary/aromatic N) is 4. The fourth-order valence-corrected chi connectivity index (χ4v) is 2.99. The fourth-order valence-electron chi connectivity index (χ4n) is 2.88. The van der Waals surface area contributed by atoms with E-state index < -0.39 is 11.6 Å². The third kappa shape index (κ3) is 3.92. The van der Waals surface area contributed by atoms with Gasteiger partial charge in [0.05, 0.1) is 17.3 Å². The molecule has 0 saturated heterocycles. The van der Waals surface area contributed by atoms with E-state index in [4.69, 9.17) is 16.3 Å². The number of rotatable bonds is 3. The molecule has 1 aliphatic rings. The van der Waals surface area contributed by atoms with Gasteiger partial charge >= 0.3 is 11.7 Å². The van der Waals surface area contributed by atoms with Crippen molar-refractivity contribution in [3.8, 4) is 0 Å². The zero-order chi connectivity index (χ0) is 18.2. The van der Waals surface area contributed by atoms with Gasteiger partial charge in [0.15, 0.2) is 0 Å². The van der Waals surface area contributed by atoms with Gasteiger partial charge in [0, 0.05) is 12.6 Å². The molecular weight excluding hydrogens is 344 g/mol. The highest BCUT2D eigenvalue weighted by molar-refractivity contribution is 6.30. The van der Waals surface area contributed by atoms with Crippen molar-refractivity contribution >= 4 is 17.6 Å². The van der Waals surface area contributed by atoms with Crippen LogP contribution in [0.4, 0.5) is 0 Å². The molecule has 2 aromatic rings. The Morgan fingerprint density at radius 2 is 2.16 bits per heavy atom. The molecule has 0 bridgehead atoms. The summed E-state index contributed by atoms with van der Waals surface area (Å²) in [6.07, 6.45) is 3.56. The number of carbonyl (C=O) groups is 1. The van der Waals surface area contributed by atoms with Crippen LogP contribution in [-0.2, 0) is 22.5 Å². The van der Waals surface area contributed by atoms with Gasteiger partial charge in [0.2, 0.25) is 0 Å². The van der Waals surface area contributed by atoms with Crippen LogP contribution in [0.15, 0.2) is 23.1 Å². The Labute approximate surface area is 150 Å². The maximum absolute atomic E-state index is 12.8. The Morgan fingerprint density at radius 1 is 1.40 bits per heavy atom. The standard InChI is InChI=1S/C17H21ClN4O3/c1-17(2,3)25-15(23)13-5-4-6-14-20-21(16(24)22(13)14)10-12-8-7-11(18)9-19-12/h7-9,13H,4-6,10H2,1-3H3/t13-/m0/s1. The van der Waals surface area contributed by atoms with Crippen molar-refractivity contribution in [2.75, 3.05) is 0 Å². The second kappa shape index (κ2) is 6.63. The second-order valence-electron chi connectivity index (χ2n) is 7.14. The molecule has 3 heterocycles. The molecule has 0 aliphatic carbocycles. The molecule has 0 spiro atoms. The van der Waals surface area contributed by atoms with Crippen molar-refractivity contribution in [3.05, 3.63) is 45.4 Å². The number of halogens is 1. The zero-order valence-electron chi connectivity index (χ0n) is 14.5. The average molecular weight is 365 g/mol. The second-order valence-corrected chi connectivity index (χ2v) is 7.57. The smallest absolute Gasteiger partial charge is 0.347 e. The molecule has 0 amide bonds. The minimum Gasteiger partial charge on any atom is -0.458 e. The molecule has 0 saturated carbocycles. The van der Waals surface area contributed by atoms with Crippen LogP contribution in [0.3, 0.4) is 0 Å². The summed E-state index contributed by atoms with van der Waals surface area (Å²) in [5.41, 5.74) is -0.236. The van der Waals surface area contributed by atoms with Crippen molar-refractivity contribution in [1.82, 2.24) is 19.3 Å². The summed E-state index contributed by atoms with van der Waals surface area (Å²) in [5.74, 6) is 0.223. The quantitative estimate of drug-likeness (QED) is 0.781. The number of aromatic nitrogens is 4. The van der Waals surface area contributed by atoms with Crippen LogP contribution in [0.25, 0.3) is 0 Å². The van der Waals surface area contributed by atoms with Crippen LogP contribution in [-0.4, -0.2) is 30.9 Å². The lowest BCUT2D eigenvalue weighted by Gasteiger charge is -2.26. The first kappa shape index (κ1) is 17.7. The first-order valence-electron chi connectivity index (χ1n) is 8.26. The number of carbonyl (C=O) groups excluding carboxylic acids is 1. The minimum absolute atomic E-state index is 0.233. The fraction of sp³-hybridized carbons (Fsp3) is 0.529. The highest BCUT2D eigenvalue weighted by Gasteiger charge is 2.33. The number of aryl methyl sites for hydroxylation is 1. The van der Waals surface area contributed by atoms with Gasteiger partial charge in [-0.15, -0.1) is 0 Å². The van der Waals surface area contributed by atoms with Gasteiger partial charge in [-0.2, -0.15) is 5.10 Å². The molecule has 7 nitrogen and oxygen atoms in total. The summed E-state index contributed by atoms with van der Waals surface area (Å²) in [5, 5.41) is 4.92. The molecule has 0 fully saturated rings. The molecule has 0 unspecified atom stereocenters. The largest absolute Gasteiger partial charge is 0.458 e. The molecular formula is C17H21ClN4O3. The summed E-state index contributed by atoms with van der Waals surface area (Å²) in [4.78, 5) is 29.4. The summed E-state index contributed by atoms with van der Waals surface area (Å²) < 4.78 is 8.27. The van der Waals surface area contributed by atoms with Crippen LogP contribution < -0.4 is 5.69 Å². The van der Waals surface area contributed by atoms with E-state index in [1.807, 2.05) is 20.8 Å². The Hall–Kier alpha value is -2.15. The van der Waals surface area contributed by atoms with Gasteiger partial charge in [-0.05, 0) is 45.7 Å². The first-order valence-corrected chi connectivity index (χ1v) is 8.64. The van der Waals surface area contributed by atoms with Crippen molar-refractivity contribution < 1.29 is 9.53 Å². The lowest BCUT2D eigenvalue weighted by Crippen LogP contribution is -2.38. The minimum atomic E-state index is -0.623. The number of fused-ring (bicyclic) bond motifs is 1. The van der Waals surface area contributed by atoms with Crippen LogP contribution in [0.2, 0.25) is 5.02 Å². The van der Waals surface area contributed by atoms with Gasteiger partial charge in [-0.1, -0.05) is 11.6 Å². The third-order valence-electron chi connectivity index (χ3n) is 3.91. The highest BCUT2D eigenvalue weighted by Crippen LogP contribution is 2.25. The monoisotopic (exact) mass is 364 g/mol. The predicted molar refractivity (Wildman–Crippen MR) is 92.7 cm³/mol. The maximum atomic E-state index is 12.8. The molecule has 2 aromatic heterocycles. The van der Waals surface area contributed by atoms with E-state index in [0.717, 1.165) is 6.42 Å². The van der Waals surface area contributed by atoms with Gasteiger partial charge in [0.25, 0.3) is 0 Å².